The van der Waals surface area contributed by atoms with Crippen LogP contribution < -0.4 is 5.32 Å². The van der Waals surface area contributed by atoms with E-state index in [2.05, 4.69) is 30.2 Å². The van der Waals surface area contributed by atoms with Gasteiger partial charge in [-0.15, -0.1) is 0 Å². The lowest BCUT2D eigenvalue weighted by Crippen LogP contribution is -2.01. The van der Waals surface area contributed by atoms with Gasteiger partial charge in [-0.25, -0.2) is 4.39 Å². The first-order valence-corrected chi connectivity index (χ1v) is 5.99. The molecule has 1 aromatic heterocycles. The largest absolute Gasteiger partial charge is 0.385 e. The van der Waals surface area contributed by atoms with Gasteiger partial charge in [-0.3, -0.25) is 4.98 Å². The number of aromatic nitrogens is 1. The Bertz CT molecular complexity index is 549. The normalized spacial score (nSPS) is 10.8. The highest BCUT2D eigenvalue weighted by molar-refractivity contribution is 5.94. The van der Waals surface area contributed by atoms with Crippen LogP contribution in [0.3, 0.4) is 0 Å². The number of pyridine rings is 1. The highest BCUT2D eigenvalue weighted by Gasteiger charge is 2.08. The Morgan fingerprint density at radius 1 is 1.24 bits per heavy atom. The predicted octanol–water partition coefficient (Wildman–Crippen LogP) is 3.68. The van der Waals surface area contributed by atoms with Crippen LogP contribution in [-0.4, -0.2) is 11.5 Å². The van der Waals surface area contributed by atoms with Crippen molar-refractivity contribution in [2.24, 2.45) is 0 Å². The summed E-state index contributed by atoms with van der Waals surface area (Å²) in [4.78, 5) is 4.48. The van der Waals surface area contributed by atoms with Crippen molar-refractivity contribution in [2.45, 2.75) is 27.2 Å². The summed E-state index contributed by atoms with van der Waals surface area (Å²) >= 11 is 0. The van der Waals surface area contributed by atoms with Gasteiger partial charge in [0.05, 0.1) is 5.52 Å². The minimum atomic E-state index is -0.224. The van der Waals surface area contributed by atoms with Gasteiger partial charge in [0.25, 0.3) is 0 Å². The van der Waals surface area contributed by atoms with Crippen LogP contribution in [0.2, 0.25) is 0 Å². The molecule has 0 amide bonds. The van der Waals surface area contributed by atoms with Gasteiger partial charge in [0, 0.05) is 29.4 Å². The number of nitrogens with zero attached hydrogens (tertiary/aromatic N) is 1. The smallest absolute Gasteiger partial charge is 0.125 e. The molecular formula is C14H17FN2. The van der Waals surface area contributed by atoms with Gasteiger partial charge in [0.15, 0.2) is 0 Å². The van der Waals surface area contributed by atoms with E-state index in [0.29, 0.717) is 0 Å². The van der Waals surface area contributed by atoms with E-state index in [1.807, 2.05) is 6.92 Å². The third kappa shape index (κ3) is 2.23. The van der Waals surface area contributed by atoms with E-state index >= 15 is 0 Å². The summed E-state index contributed by atoms with van der Waals surface area (Å²) < 4.78 is 13.4. The van der Waals surface area contributed by atoms with E-state index in [-0.39, 0.29) is 5.82 Å². The molecular weight excluding hydrogens is 215 g/mol. The summed E-state index contributed by atoms with van der Waals surface area (Å²) in [7, 11) is 0. The molecule has 0 fully saturated rings. The van der Waals surface area contributed by atoms with Gasteiger partial charge in [0.1, 0.15) is 5.82 Å². The summed E-state index contributed by atoms with van der Waals surface area (Å²) in [6.45, 7) is 6.87. The van der Waals surface area contributed by atoms with Gasteiger partial charge < -0.3 is 5.32 Å². The SMILES string of the molecule is CCNc1cc(CC)nc2cc(F)cc(C)c12. The van der Waals surface area contributed by atoms with E-state index in [1.54, 1.807) is 6.07 Å². The molecule has 17 heavy (non-hydrogen) atoms. The molecule has 0 saturated heterocycles. The van der Waals surface area contributed by atoms with Crippen molar-refractivity contribution >= 4 is 16.6 Å². The number of benzene rings is 1. The molecule has 0 aliphatic heterocycles. The highest BCUT2D eigenvalue weighted by Crippen LogP contribution is 2.27. The Morgan fingerprint density at radius 3 is 2.65 bits per heavy atom. The van der Waals surface area contributed by atoms with Crippen LogP contribution in [0.4, 0.5) is 10.1 Å². The lowest BCUT2D eigenvalue weighted by molar-refractivity contribution is 0.628. The number of nitrogens with one attached hydrogen (secondary N) is 1. The zero-order valence-corrected chi connectivity index (χ0v) is 10.5. The highest BCUT2D eigenvalue weighted by atomic mass is 19.1. The quantitative estimate of drug-likeness (QED) is 0.873. The van der Waals surface area contributed by atoms with Crippen LogP contribution in [0.5, 0.6) is 0 Å². The zero-order chi connectivity index (χ0) is 12.4. The molecule has 0 aliphatic carbocycles. The monoisotopic (exact) mass is 232 g/mol. The Balaban J connectivity index is 2.76. The Kier molecular flexibility index (Phi) is 3.27. The molecule has 2 nitrogen and oxygen atoms in total. The van der Waals surface area contributed by atoms with Crippen LogP contribution in [0.15, 0.2) is 18.2 Å². The number of rotatable bonds is 3. The van der Waals surface area contributed by atoms with Crippen LogP contribution >= 0.6 is 0 Å². The maximum Gasteiger partial charge on any atom is 0.125 e. The summed E-state index contributed by atoms with van der Waals surface area (Å²) in [5.41, 5.74) is 3.69. The van der Waals surface area contributed by atoms with Crippen molar-refractivity contribution in [3.05, 3.63) is 35.3 Å². The average molecular weight is 232 g/mol. The molecule has 1 N–H and O–H groups in total. The van der Waals surface area contributed by atoms with Crippen LogP contribution in [0.1, 0.15) is 25.1 Å². The van der Waals surface area contributed by atoms with Crippen LogP contribution in [-0.2, 0) is 6.42 Å². The van der Waals surface area contributed by atoms with E-state index in [0.717, 1.165) is 40.8 Å². The van der Waals surface area contributed by atoms with Crippen molar-refractivity contribution in [2.75, 3.05) is 11.9 Å². The number of anilines is 1. The molecule has 0 spiro atoms. The lowest BCUT2D eigenvalue weighted by Gasteiger charge is -2.12. The first-order valence-electron chi connectivity index (χ1n) is 5.99. The van der Waals surface area contributed by atoms with Crippen molar-refractivity contribution in [3.8, 4) is 0 Å². The number of hydrogen-bond acceptors (Lipinski definition) is 2. The van der Waals surface area contributed by atoms with Crippen molar-refractivity contribution < 1.29 is 4.39 Å². The molecule has 0 saturated carbocycles. The third-order valence-corrected chi connectivity index (χ3v) is 2.85. The van der Waals surface area contributed by atoms with E-state index < -0.39 is 0 Å². The van der Waals surface area contributed by atoms with Gasteiger partial charge in [-0.1, -0.05) is 6.92 Å². The molecule has 0 unspecified atom stereocenters. The molecule has 3 heteroatoms. The number of aryl methyl sites for hydroxylation is 2. The first-order chi connectivity index (χ1) is 8.15. The van der Waals surface area contributed by atoms with Gasteiger partial charge in [-0.05, 0) is 38.0 Å². The molecule has 0 bridgehead atoms. The maximum atomic E-state index is 13.4. The second-order valence-corrected chi connectivity index (χ2v) is 4.16. The van der Waals surface area contributed by atoms with Gasteiger partial charge in [0.2, 0.25) is 0 Å². The number of fused-ring (bicyclic) bond motifs is 1. The maximum absolute atomic E-state index is 13.4. The van der Waals surface area contributed by atoms with E-state index in [9.17, 15) is 4.39 Å². The van der Waals surface area contributed by atoms with E-state index in [4.69, 9.17) is 0 Å². The average Bonchev–Trinajstić information content (AvgIpc) is 2.27. The second-order valence-electron chi connectivity index (χ2n) is 4.16. The standard InChI is InChI=1S/C14H17FN2/c1-4-11-8-12(16-5-2)14-9(3)6-10(15)7-13(14)17-11/h6-8H,4-5H2,1-3H3,(H,16,17). The van der Waals surface area contributed by atoms with Crippen molar-refractivity contribution in [1.82, 2.24) is 4.98 Å². The summed E-state index contributed by atoms with van der Waals surface area (Å²) in [5.74, 6) is -0.224. The van der Waals surface area contributed by atoms with Crippen molar-refractivity contribution in [3.63, 3.8) is 0 Å². The lowest BCUT2D eigenvalue weighted by atomic mass is 10.1. The summed E-state index contributed by atoms with van der Waals surface area (Å²) in [5, 5.41) is 4.34. The number of hydrogen-bond donors (Lipinski definition) is 1. The fourth-order valence-corrected chi connectivity index (χ4v) is 2.10. The second kappa shape index (κ2) is 4.70. The molecule has 2 aromatic rings. The van der Waals surface area contributed by atoms with E-state index in [1.165, 1.54) is 6.07 Å². The van der Waals surface area contributed by atoms with Gasteiger partial charge in [-0.2, -0.15) is 0 Å². The topological polar surface area (TPSA) is 24.9 Å². The predicted molar refractivity (Wildman–Crippen MR) is 70.0 cm³/mol. The minimum absolute atomic E-state index is 0.224. The molecule has 1 heterocycles. The molecule has 90 valence electrons. The third-order valence-electron chi connectivity index (χ3n) is 2.85. The number of halogens is 1. The molecule has 0 aliphatic rings. The molecule has 0 atom stereocenters. The Labute approximate surface area is 101 Å². The Morgan fingerprint density at radius 2 is 2.00 bits per heavy atom. The summed E-state index contributed by atoms with van der Waals surface area (Å²) in [6.07, 6.45) is 0.851. The van der Waals surface area contributed by atoms with Crippen molar-refractivity contribution in [1.29, 1.82) is 0 Å². The molecule has 0 radical (unpaired) electrons. The van der Waals surface area contributed by atoms with Gasteiger partial charge >= 0.3 is 0 Å². The van der Waals surface area contributed by atoms with Crippen LogP contribution in [0.25, 0.3) is 10.9 Å². The zero-order valence-electron chi connectivity index (χ0n) is 10.5. The fourth-order valence-electron chi connectivity index (χ4n) is 2.10. The minimum Gasteiger partial charge on any atom is -0.385 e. The van der Waals surface area contributed by atoms with Crippen LogP contribution in [0, 0.1) is 12.7 Å². The molecule has 2 rings (SSSR count). The fraction of sp³-hybridized carbons (Fsp3) is 0.357. The Hall–Kier alpha value is -1.64. The summed E-state index contributed by atoms with van der Waals surface area (Å²) in [6, 6.07) is 5.11. The molecule has 1 aromatic carbocycles. The first kappa shape index (κ1) is 11.8.